The van der Waals surface area contributed by atoms with Crippen molar-refractivity contribution >= 4 is 45.3 Å². The average molecular weight is 831 g/mol. The molecule has 0 atom stereocenters. The SMILES string of the molecule is CN(CCc1c[nH]c2ccccc12)C(=O)c1ccccc1C(=O)N(CCc1c[nH]c2ccccc12)CCN1CCN(C(=NCc2ccco2)Nc2ccccc2C(C)(C)C)CC1. The highest BCUT2D eigenvalue weighted by Crippen LogP contribution is 2.30. The lowest BCUT2D eigenvalue weighted by atomic mass is 9.86. The second-order valence-corrected chi connectivity index (χ2v) is 17.3. The van der Waals surface area contributed by atoms with E-state index in [2.05, 4.69) is 94.4 Å². The number of amides is 2. The van der Waals surface area contributed by atoms with Gasteiger partial charge in [0.25, 0.3) is 11.8 Å². The van der Waals surface area contributed by atoms with Crippen LogP contribution in [-0.2, 0) is 24.8 Å². The minimum atomic E-state index is -0.162. The number of nitrogens with zero attached hydrogens (tertiary/aromatic N) is 5. The quantitative estimate of drug-likeness (QED) is 0.0746. The molecule has 3 N–H and O–H groups in total. The predicted molar refractivity (Wildman–Crippen MR) is 250 cm³/mol. The molecule has 320 valence electrons. The van der Waals surface area contributed by atoms with Crippen LogP contribution < -0.4 is 5.32 Å². The Bertz CT molecular complexity index is 2630. The highest BCUT2D eigenvalue weighted by atomic mass is 16.3. The second-order valence-electron chi connectivity index (χ2n) is 17.3. The van der Waals surface area contributed by atoms with Gasteiger partial charge in [-0.3, -0.25) is 14.5 Å². The van der Waals surface area contributed by atoms with Gasteiger partial charge in [0.1, 0.15) is 12.3 Å². The Morgan fingerprint density at radius 1 is 0.710 bits per heavy atom. The first-order valence-corrected chi connectivity index (χ1v) is 21.8. The maximum absolute atomic E-state index is 14.7. The van der Waals surface area contributed by atoms with Crippen molar-refractivity contribution in [2.24, 2.45) is 4.99 Å². The van der Waals surface area contributed by atoms with E-state index in [4.69, 9.17) is 9.41 Å². The molecule has 0 radical (unpaired) electrons. The largest absolute Gasteiger partial charge is 0.467 e. The van der Waals surface area contributed by atoms with E-state index < -0.39 is 0 Å². The highest BCUT2D eigenvalue weighted by Gasteiger charge is 2.27. The molecule has 4 heterocycles. The molecule has 1 saturated heterocycles. The molecular weight excluding hydrogens is 773 g/mol. The number of aromatic nitrogens is 2. The Kier molecular flexibility index (Phi) is 12.9. The zero-order valence-electron chi connectivity index (χ0n) is 36.4. The third kappa shape index (κ3) is 9.79. The maximum atomic E-state index is 14.7. The number of carbonyl (C=O) groups is 2. The first-order valence-electron chi connectivity index (χ1n) is 21.8. The number of H-pyrrole nitrogens is 2. The number of carbonyl (C=O) groups excluding carboxylic acids is 2. The van der Waals surface area contributed by atoms with Crippen LogP contribution in [0.5, 0.6) is 0 Å². The number of anilines is 1. The van der Waals surface area contributed by atoms with E-state index in [0.29, 0.717) is 56.7 Å². The minimum absolute atomic E-state index is 0.0475. The third-order valence-corrected chi connectivity index (χ3v) is 12.0. The van der Waals surface area contributed by atoms with E-state index in [9.17, 15) is 9.59 Å². The van der Waals surface area contributed by atoms with Gasteiger partial charge in [0.15, 0.2) is 5.96 Å². The van der Waals surface area contributed by atoms with Gasteiger partial charge < -0.3 is 34.4 Å². The van der Waals surface area contributed by atoms with E-state index in [1.807, 2.05) is 72.9 Å². The van der Waals surface area contributed by atoms with Crippen LogP contribution in [0.25, 0.3) is 21.8 Å². The van der Waals surface area contributed by atoms with Gasteiger partial charge in [0.05, 0.1) is 17.4 Å². The van der Waals surface area contributed by atoms with Crippen LogP contribution in [0.2, 0.25) is 0 Å². The zero-order chi connectivity index (χ0) is 43.1. The molecule has 7 aromatic rings. The summed E-state index contributed by atoms with van der Waals surface area (Å²) in [5.41, 5.74) is 7.55. The van der Waals surface area contributed by atoms with Gasteiger partial charge in [-0.15, -0.1) is 0 Å². The Morgan fingerprint density at radius 3 is 1.95 bits per heavy atom. The van der Waals surface area contributed by atoms with Crippen LogP contribution in [0, 0.1) is 0 Å². The summed E-state index contributed by atoms with van der Waals surface area (Å²) in [5.74, 6) is 1.34. The van der Waals surface area contributed by atoms with Crippen LogP contribution in [0.1, 0.15) is 63.9 Å². The summed E-state index contributed by atoms with van der Waals surface area (Å²) in [4.78, 5) is 49.0. The molecule has 1 fully saturated rings. The fraction of sp³-hybridized carbons (Fsp3) is 0.314. The molecule has 1 aliphatic rings. The molecule has 0 bridgehead atoms. The number of aromatic amines is 2. The topological polar surface area (TPSA) is 116 Å². The van der Waals surface area contributed by atoms with Crippen molar-refractivity contribution in [3.8, 4) is 0 Å². The molecule has 2 amide bonds. The van der Waals surface area contributed by atoms with Crippen molar-refractivity contribution < 1.29 is 14.0 Å². The number of nitrogens with one attached hydrogen (secondary N) is 3. The van der Waals surface area contributed by atoms with Gasteiger partial charge in [0, 0.05) is 99.3 Å². The van der Waals surface area contributed by atoms with Crippen LogP contribution in [0.4, 0.5) is 5.69 Å². The lowest BCUT2D eigenvalue weighted by molar-refractivity contribution is 0.0708. The van der Waals surface area contributed by atoms with Gasteiger partial charge >= 0.3 is 0 Å². The summed E-state index contributed by atoms with van der Waals surface area (Å²) in [7, 11) is 1.82. The fourth-order valence-electron chi connectivity index (χ4n) is 8.45. The molecule has 0 unspecified atom stereocenters. The van der Waals surface area contributed by atoms with Crippen LogP contribution in [0.3, 0.4) is 0 Å². The Hall–Kier alpha value is -6.59. The van der Waals surface area contributed by atoms with Gasteiger partial charge in [-0.2, -0.15) is 0 Å². The number of hydrogen-bond acceptors (Lipinski definition) is 5. The van der Waals surface area contributed by atoms with Crippen LogP contribution in [0.15, 0.2) is 137 Å². The number of para-hydroxylation sites is 3. The lowest BCUT2D eigenvalue weighted by Crippen LogP contribution is -2.52. The summed E-state index contributed by atoms with van der Waals surface area (Å²) in [6.07, 6.45) is 7.13. The number of likely N-dealkylation sites (N-methyl/N-ethyl adjacent to an activating group) is 1. The summed E-state index contributed by atoms with van der Waals surface area (Å²) >= 11 is 0. The summed E-state index contributed by atoms with van der Waals surface area (Å²) in [5, 5.41) is 6.02. The maximum Gasteiger partial charge on any atom is 0.254 e. The molecule has 1 aliphatic heterocycles. The Balaban J connectivity index is 0.966. The van der Waals surface area contributed by atoms with Gasteiger partial charge in [-0.25, -0.2) is 4.99 Å². The number of benzene rings is 4. The average Bonchev–Trinajstić information content (AvgIpc) is 4.07. The van der Waals surface area contributed by atoms with E-state index in [1.54, 1.807) is 23.3 Å². The number of hydrogen-bond donors (Lipinski definition) is 3. The number of furan rings is 1. The van der Waals surface area contributed by atoms with Gasteiger partial charge in [0.2, 0.25) is 0 Å². The van der Waals surface area contributed by atoms with Gasteiger partial charge in [-0.05, 0) is 77.4 Å². The number of piperazine rings is 1. The lowest BCUT2D eigenvalue weighted by Gasteiger charge is -2.38. The summed E-state index contributed by atoms with van der Waals surface area (Å²) in [6.45, 7) is 12.5. The third-order valence-electron chi connectivity index (χ3n) is 12.0. The van der Waals surface area contributed by atoms with Crippen molar-refractivity contribution in [3.63, 3.8) is 0 Å². The fourth-order valence-corrected chi connectivity index (χ4v) is 8.45. The normalized spacial score (nSPS) is 13.8. The molecule has 4 aromatic carbocycles. The number of guanidine groups is 1. The van der Waals surface area contributed by atoms with Crippen LogP contribution >= 0.6 is 0 Å². The van der Waals surface area contributed by atoms with Gasteiger partial charge in [-0.1, -0.05) is 87.5 Å². The van der Waals surface area contributed by atoms with E-state index in [-0.39, 0.29) is 17.2 Å². The Morgan fingerprint density at radius 2 is 1.31 bits per heavy atom. The highest BCUT2D eigenvalue weighted by molar-refractivity contribution is 6.07. The number of aliphatic imine (C=N–C) groups is 1. The Labute approximate surface area is 364 Å². The molecule has 8 rings (SSSR count). The molecule has 62 heavy (non-hydrogen) atoms. The van der Waals surface area contributed by atoms with Crippen molar-refractivity contribution in [3.05, 3.63) is 161 Å². The molecular formula is C51H58N8O3. The smallest absolute Gasteiger partial charge is 0.254 e. The van der Waals surface area contributed by atoms with E-state index in [1.165, 1.54) is 5.56 Å². The summed E-state index contributed by atoms with van der Waals surface area (Å²) in [6, 6.07) is 36.0. The van der Waals surface area contributed by atoms with E-state index >= 15 is 0 Å². The number of rotatable bonds is 14. The molecule has 11 heteroatoms. The number of fused-ring (bicyclic) bond motifs is 2. The summed E-state index contributed by atoms with van der Waals surface area (Å²) < 4.78 is 5.64. The molecule has 11 nitrogen and oxygen atoms in total. The molecule has 0 saturated carbocycles. The molecule has 0 spiro atoms. The predicted octanol–water partition coefficient (Wildman–Crippen LogP) is 8.83. The minimum Gasteiger partial charge on any atom is -0.467 e. The van der Waals surface area contributed by atoms with Crippen molar-refractivity contribution in [2.45, 2.75) is 45.6 Å². The van der Waals surface area contributed by atoms with Crippen LogP contribution in [-0.4, -0.2) is 107 Å². The second kappa shape index (κ2) is 19.0. The van der Waals surface area contributed by atoms with E-state index in [0.717, 1.165) is 76.5 Å². The monoisotopic (exact) mass is 830 g/mol. The van der Waals surface area contributed by atoms with Crippen molar-refractivity contribution in [1.29, 1.82) is 0 Å². The first kappa shape index (κ1) is 42.1. The van der Waals surface area contributed by atoms with Crippen molar-refractivity contribution in [2.75, 3.05) is 64.7 Å². The standard InChI is InChI=1S/C51H58N8O3/c1-51(2,3)44-19-9-12-22-47(44)55-50(54-36-39-14-13-33-62-39)59-31-28-57(29-32-59)27-30-58(26-24-38-35-53-46-21-11-8-16-41(38)46)49(61)43-18-6-5-17-42(43)48(60)56(4)25-23-37-34-52-45-20-10-7-15-40(37)45/h5-22,33-35,52-53H,23-32,36H2,1-4H3,(H,54,55). The zero-order valence-corrected chi connectivity index (χ0v) is 36.4. The first-order chi connectivity index (χ1) is 30.1. The molecule has 3 aromatic heterocycles. The molecule has 0 aliphatic carbocycles. The van der Waals surface area contributed by atoms with Crippen molar-refractivity contribution in [1.82, 2.24) is 29.6 Å².